The smallest absolute Gasteiger partial charge is 0.257 e. The van der Waals surface area contributed by atoms with Gasteiger partial charge in [0.25, 0.3) is 5.91 Å². The number of hydrogen-bond donors (Lipinski definition) is 2. The molecule has 3 heterocycles. The lowest BCUT2D eigenvalue weighted by atomic mass is 9.93. The normalized spacial score (nSPS) is 22.0. The maximum Gasteiger partial charge on any atom is 0.257 e. The largest absolute Gasteiger partial charge is 0.339 e. The van der Waals surface area contributed by atoms with Crippen molar-refractivity contribution in [3.63, 3.8) is 0 Å². The van der Waals surface area contributed by atoms with Crippen LogP contribution in [0.2, 0.25) is 0 Å². The highest BCUT2D eigenvalue weighted by Gasteiger charge is 2.27. The molecule has 1 unspecified atom stereocenters. The molecule has 3 rings (SSSR count). The summed E-state index contributed by atoms with van der Waals surface area (Å²) in [6.07, 6.45) is 6.26. The first-order chi connectivity index (χ1) is 8.86. The maximum absolute atomic E-state index is 12.4. The van der Waals surface area contributed by atoms with Gasteiger partial charge in [0.2, 0.25) is 0 Å². The summed E-state index contributed by atoms with van der Waals surface area (Å²) in [6.45, 7) is 3.82. The summed E-state index contributed by atoms with van der Waals surface area (Å²) in [5.74, 6) is 0.560. The summed E-state index contributed by atoms with van der Waals surface area (Å²) in [7, 11) is 0. The van der Waals surface area contributed by atoms with Crippen molar-refractivity contribution in [3.05, 3.63) is 17.5 Å². The van der Waals surface area contributed by atoms with E-state index in [0.29, 0.717) is 5.92 Å². The lowest BCUT2D eigenvalue weighted by molar-refractivity contribution is 0.0791. The second-order valence-corrected chi connectivity index (χ2v) is 5.24. The van der Waals surface area contributed by atoms with Gasteiger partial charge >= 0.3 is 0 Å². The summed E-state index contributed by atoms with van der Waals surface area (Å²) >= 11 is 0. The van der Waals surface area contributed by atoms with Crippen molar-refractivity contribution in [3.8, 4) is 0 Å². The van der Waals surface area contributed by atoms with Gasteiger partial charge in [-0.05, 0) is 32.2 Å². The molecule has 7 heteroatoms. The van der Waals surface area contributed by atoms with Crippen LogP contribution in [-0.4, -0.2) is 47.2 Å². The molecule has 1 aromatic heterocycles. The minimum Gasteiger partial charge on any atom is -0.339 e. The average molecular weight is 321 g/mol. The number of carbonyl (C=O) groups is 1. The van der Waals surface area contributed by atoms with Crippen LogP contribution in [0.25, 0.3) is 0 Å². The quantitative estimate of drug-likeness (QED) is 0.875. The van der Waals surface area contributed by atoms with E-state index < -0.39 is 0 Å². The molecule has 1 atom stereocenters. The molecule has 0 spiro atoms. The van der Waals surface area contributed by atoms with Crippen molar-refractivity contribution in [2.45, 2.75) is 31.6 Å². The number of H-pyrrole nitrogens is 1. The number of rotatable bonds is 2. The van der Waals surface area contributed by atoms with Gasteiger partial charge in [-0.1, -0.05) is 0 Å². The van der Waals surface area contributed by atoms with E-state index in [1.165, 1.54) is 6.42 Å². The highest BCUT2D eigenvalue weighted by molar-refractivity contribution is 5.95. The summed E-state index contributed by atoms with van der Waals surface area (Å²) in [5, 5.41) is 10.5. The van der Waals surface area contributed by atoms with Gasteiger partial charge in [0, 0.05) is 25.6 Å². The van der Waals surface area contributed by atoms with Gasteiger partial charge < -0.3 is 10.2 Å². The van der Waals surface area contributed by atoms with Crippen molar-refractivity contribution >= 4 is 30.7 Å². The second kappa shape index (κ2) is 7.86. The molecule has 2 aliphatic rings. The van der Waals surface area contributed by atoms with Crippen LogP contribution < -0.4 is 5.32 Å². The Morgan fingerprint density at radius 2 is 2.00 bits per heavy atom. The Bertz CT molecular complexity index is 426. The molecule has 0 aromatic carbocycles. The molecule has 2 saturated heterocycles. The zero-order valence-electron chi connectivity index (χ0n) is 11.4. The van der Waals surface area contributed by atoms with E-state index in [1.54, 1.807) is 6.20 Å². The molecule has 0 bridgehead atoms. The van der Waals surface area contributed by atoms with Gasteiger partial charge in [-0.15, -0.1) is 24.8 Å². The number of nitrogens with zero attached hydrogens (tertiary/aromatic N) is 2. The number of hydrogen-bond acceptors (Lipinski definition) is 3. The molecule has 0 radical (unpaired) electrons. The molecular formula is C13H22Cl2N4O. The number of piperidine rings is 1. The predicted molar refractivity (Wildman–Crippen MR) is 83.1 cm³/mol. The van der Waals surface area contributed by atoms with Crippen molar-refractivity contribution in [2.75, 3.05) is 26.2 Å². The number of amides is 1. The maximum atomic E-state index is 12.4. The molecule has 2 aliphatic heterocycles. The van der Waals surface area contributed by atoms with Crippen LogP contribution in [0.15, 0.2) is 6.20 Å². The van der Waals surface area contributed by atoms with Crippen LogP contribution in [0.1, 0.15) is 47.7 Å². The predicted octanol–water partition coefficient (Wildman–Crippen LogP) is 1.96. The van der Waals surface area contributed by atoms with Crippen LogP contribution in [0.3, 0.4) is 0 Å². The zero-order valence-corrected chi connectivity index (χ0v) is 13.1. The van der Waals surface area contributed by atoms with Crippen molar-refractivity contribution in [2.24, 2.45) is 0 Å². The van der Waals surface area contributed by atoms with Gasteiger partial charge in [0.05, 0.1) is 17.5 Å². The van der Waals surface area contributed by atoms with Crippen LogP contribution in [-0.2, 0) is 0 Å². The standard InChI is InChI=1S/C13H20N4O.2ClH/c18-13(17-6-1-2-7-17)11-9-15-16-12(11)10-4-3-5-14-8-10;;/h9-10,14H,1-8H2,(H,15,16);2*1H. The van der Waals surface area contributed by atoms with Crippen molar-refractivity contribution < 1.29 is 4.79 Å². The van der Waals surface area contributed by atoms with Gasteiger partial charge in [-0.25, -0.2) is 0 Å². The topological polar surface area (TPSA) is 61.0 Å². The third-order valence-corrected chi connectivity index (χ3v) is 4.00. The van der Waals surface area contributed by atoms with E-state index in [2.05, 4.69) is 15.5 Å². The highest BCUT2D eigenvalue weighted by atomic mass is 35.5. The number of carbonyl (C=O) groups excluding carboxylic acids is 1. The number of likely N-dealkylation sites (tertiary alicyclic amines) is 1. The monoisotopic (exact) mass is 320 g/mol. The number of aromatic amines is 1. The van der Waals surface area contributed by atoms with E-state index in [1.807, 2.05) is 4.90 Å². The Labute approximate surface area is 131 Å². The number of halogens is 2. The summed E-state index contributed by atoms with van der Waals surface area (Å²) in [5.41, 5.74) is 1.81. The molecule has 0 saturated carbocycles. The highest BCUT2D eigenvalue weighted by Crippen LogP contribution is 2.25. The van der Waals surface area contributed by atoms with E-state index in [0.717, 1.165) is 56.7 Å². The molecule has 5 nitrogen and oxygen atoms in total. The Balaban J connectivity index is 0.000001000. The van der Waals surface area contributed by atoms with Crippen LogP contribution in [0, 0.1) is 0 Å². The molecule has 1 amide bonds. The zero-order chi connectivity index (χ0) is 12.4. The van der Waals surface area contributed by atoms with Gasteiger partial charge in [0.1, 0.15) is 0 Å². The Kier molecular flexibility index (Phi) is 6.79. The SMILES string of the molecule is Cl.Cl.O=C(c1cn[nH]c1C1CCCNC1)N1CCCC1. The molecule has 2 fully saturated rings. The third-order valence-electron chi connectivity index (χ3n) is 4.00. The van der Waals surface area contributed by atoms with E-state index in [4.69, 9.17) is 0 Å². The number of aromatic nitrogens is 2. The fourth-order valence-electron chi connectivity index (χ4n) is 2.97. The third kappa shape index (κ3) is 3.45. The average Bonchev–Trinajstić information content (AvgIpc) is 3.10. The van der Waals surface area contributed by atoms with Crippen LogP contribution in [0.5, 0.6) is 0 Å². The molecule has 114 valence electrons. The van der Waals surface area contributed by atoms with E-state index in [9.17, 15) is 4.79 Å². The first kappa shape index (κ1) is 17.3. The number of nitrogens with one attached hydrogen (secondary N) is 2. The van der Waals surface area contributed by atoms with Crippen molar-refractivity contribution in [1.29, 1.82) is 0 Å². The first-order valence-corrected chi connectivity index (χ1v) is 6.89. The molecule has 2 N–H and O–H groups in total. The fraction of sp³-hybridized carbons (Fsp3) is 0.692. The van der Waals surface area contributed by atoms with Crippen LogP contribution >= 0.6 is 24.8 Å². The van der Waals surface area contributed by atoms with Crippen molar-refractivity contribution in [1.82, 2.24) is 20.4 Å². The molecule has 1 aromatic rings. The Morgan fingerprint density at radius 1 is 1.25 bits per heavy atom. The summed E-state index contributed by atoms with van der Waals surface area (Å²) < 4.78 is 0. The van der Waals surface area contributed by atoms with Gasteiger partial charge in [-0.3, -0.25) is 9.89 Å². The van der Waals surface area contributed by atoms with Gasteiger partial charge in [0.15, 0.2) is 0 Å². The van der Waals surface area contributed by atoms with E-state index in [-0.39, 0.29) is 30.7 Å². The minimum atomic E-state index is 0. The van der Waals surface area contributed by atoms with Crippen LogP contribution in [0.4, 0.5) is 0 Å². The minimum absolute atomic E-state index is 0. The van der Waals surface area contributed by atoms with E-state index >= 15 is 0 Å². The first-order valence-electron chi connectivity index (χ1n) is 6.89. The summed E-state index contributed by atoms with van der Waals surface area (Å²) in [4.78, 5) is 14.4. The second-order valence-electron chi connectivity index (χ2n) is 5.24. The lowest BCUT2D eigenvalue weighted by Crippen LogP contribution is -2.32. The Hall–Kier alpha value is -0.780. The molecule has 20 heavy (non-hydrogen) atoms. The van der Waals surface area contributed by atoms with Gasteiger partial charge in [-0.2, -0.15) is 5.10 Å². The lowest BCUT2D eigenvalue weighted by Gasteiger charge is -2.23. The Morgan fingerprint density at radius 3 is 2.65 bits per heavy atom. The molecule has 0 aliphatic carbocycles. The fourth-order valence-corrected chi connectivity index (χ4v) is 2.97. The summed E-state index contributed by atoms with van der Waals surface area (Å²) in [6, 6.07) is 0. The molecular weight excluding hydrogens is 299 g/mol.